The molecule has 0 N–H and O–H groups in total. The van der Waals surface area contributed by atoms with E-state index in [9.17, 15) is 13.2 Å². The molecule has 110 valence electrons. The maximum absolute atomic E-state index is 12.0. The minimum absolute atomic E-state index is 0.370. The summed E-state index contributed by atoms with van der Waals surface area (Å²) in [5.41, 5.74) is 0.683. The van der Waals surface area contributed by atoms with Gasteiger partial charge in [-0.15, -0.1) is 6.58 Å². The Balaban J connectivity index is 3.17. The molecule has 0 aliphatic heterocycles. The summed E-state index contributed by atoms with van der Waals surface area (Å²) in [5, 5.41) is -0.771. The number of benzene rings is 1. The SMILES string of the molecule is C=CCCC(C(OC(C)=O)c1ccccc1)S(C)(=O)=O. The van der Waals surface area contributed by atoms with Crippen LogP contribution in [-0.4, -0.2) is 25.9 Å². The molecule has 0 aliphatic carbocycles. The first kappa shape index (κ1) is 16.4. The van der Waals surface area contributed by atoms with E-state index >= 15 is 0 Å². The Morgan fingerprint density at radius 2 is 1.95 bits per heavy atom. The summed E-state index contributed by atoms with van der Waals surface area (Å²) < 4.78 is 29.3. The summed E-state index contributed by atoms with van der Waals surface area (Å²) in [5.74, 6) is -0.494. The predicted molar refractivity (Wildman–Crippen MR) is 79.0 cm³/mol. The molecule has 0 radical (unpaired) electrons. The van der Waals surface area contributed by atoms with E-state index in [1.54, 1.807) is 30.3 Å². The lowest BCUT2D eigenvalue weighted by Crippen LogP contribution is -2.30. The van der Waals surface area contributed by atoms with Crippen LogP contribution in [0.2, 0.25) is 0 Å². The van der Waals surface area contributed by atoms with E-state index in [2.05, 4.69) is 6.58 Å². The number of rotatable bonds is 7. The summed E-state index contributed by atoms with van der Waals surface area (Å²) in [6.45, 7) is 4.89. The Bertz CT molecular complexity index is 548. The topological polar surface area (TPSA) is 60.4 Å². The molecule has 0 heterocycles. The minimum atomic E-state index is -3.36. The molecule has 5 heteroatoms. The molecule has 0 spiro atoms. The highest BCUT2D eigenvalue weighted by atomic mass is 32.2. The molecule has 0 saturated heterocycles. The molecule has 0 amide bonds. The van der Waals surface area contributed by atoms with Crippen LogP contribution in [0.1, 0.15) is 31.4 Å². The van der Waals surface area contributed by atoms with Crippen molar-refractivity contribution in [3.8, 4) is 0 Å². The van der Waals surface area contributed by atoms with Crippen LogP contribution in [0.4, 0.5) is 0 Å². The van der Waals surface area contributed by atoms with Gasteiger partial charge in [-0.1, -0.05) is 36.4 Å². The lowest BCUT2D eigenvalue weighted by atomic mass is 10.0. The van der Waals surface area contributed by atoms with Crippen molar-refractivity contribution in [2.75, 3.05) is 6.26 Å². The number of carbonyl (C=O) groups is 1. The zero-order valence-corrected chi connectivity index (χ0v) is 12.6. The first-order valence-electron chi connectivity index (χ1n) is 6.38. The van der Waals surface area contributed by atoms with Gasteiger partial charge in [-0.05, 0) is 18.4 Å². The first-order chi connectivity index (χ1) is 9.36. The van der Waals surface area contributed by atoms with Crippen LogP contribution in [0, 0.1) is 0 Å². The molecular weight excluding hydrogens is 276 g/mol. The largest absolute Gasteiger partial charge is 0.456 e. The standard InChI is InChI=1S/C15H20O4S/c1-4-5-11-14(20(3,17)18)15(19-12(2)16)13-9-7-6-8-10-13/h4,6-10,14-15H,1,5,11H2,2-3H3. The lowest BCUT2D eigenvalue weighted by molar-refractivity contribution is -0.146. The number of esters is 1. The van der Waals surface area contributed by atoms with Crippen molar-refractivity contribution in [1.29, 1.82) is 0 Å². The van der Waals surface area contributed by atoms with Crippen molar-refractivity contribution in [1.82, 2.24) is 0 Å². The number of carbonyl (C=O) groups excluding carboxylic acids is 1. The molecule has 1 rings (SSSR count). The summed E-state index contributed by atoms with van der Waals surface area (Å²) >= 11 is 0. The van der Waals surface area contributed by atoms with Crippen molar-refractivity contribution in [2.45, 2.75) is 31.1 Å². The van der Waals surface area contributed by atoms with E-state index in [0.29, 0.717) is 18.4 Å². The van der Waals surface area contributed by atoms with E-state index in [-0.39, 0.29) is 0 Å². The van der Waals surface area contributed by atoms with Gasteiger partial charge in [0.05, 0.1) is 0 Å². The number of hydrogen-bond donors (Lipinski definition) is 0. The van der Waals surface area contributed by atoms with E-state index in [0.717, 1.165) is 0 Å². The third kappa shape index (κ3) is 4.81. The van der Waals surface area contributed by atoms with Gasteiger partial charge in [0.25, 0.3) is 0 Å². The summed E-state index contributed by atoms with van der Waals surface area (Å²) in [4.78, 5) is 11.3. The third-order valence-electron chi connectivity index (χ3n) is 2.96. The molecule has 0 fully saturated rings. The van der Waals surface area contributed by atoms with Gasteiger partial charge in [-0.2, -0.15) is 0 Å². The van der Waals surface area contributed by atoms with Gasteiger partial charge in [0.1, 0.15) is 11.4 Å². The number of allylic oxidation sites excluding steroid dienone is 1. The molecule has 1 aromatic carbocycles. The maximum Gasteiger partial charge on any atom is 0.303 e. The second kappa shape index (κ2) is 7.24. The Morgan fingerprint density at radius 1 is 1.35 bits per heavy atom. The van der Waals surface area contributed by atoms with Gasteiger partial charge in [0.15, 0.2) is 9.84 Å². The zero-order chi connectivity index (χ0) is 15.2. The smallest absolute Gasteiger partial charge is 0.303 e. The van der Waals surface area contributed by atoms with Gasteiger partial charge < -0.3 is 4.74 Å². The highest BCUT2D eigenvalue weighted by molar-refractivity contribution is 7.91. The van der Waals surface area contributed by atoms with Crippen molar-refractivity contribution in [2.24, 2.45) is 0 Å². The first-order valence-corrected chi connectivity index (χ1v) is 8.33. The van der Waals surface area contributed by atoms with Gasteiger partial charge in [-0.3, -0.25) is 4.79 Å². The Kier molecular flexibility index (Phi) is 5.95. The fraction of sp³-hybridized carbons (Fsp3) is 0.400. The highest BCUT2D eigenvalue weighted by Crippen LogP contribution is 2.29. The average Bonchev–Trinajstić information content (AvgIpc) is 2.37. The summed E-state index contributed by atoms with van der Waals surface area (Å²) in [6.07, 6.45) is 2.95. The van der Waals surface area contributed by atoms with Gasteiger partial charge in [0.2, 0.25) is 0 Å². The van der Waals surface area contributed by atoms with Crippen LogP contribution >= 0.6 is 0 Å². The molecule has 0 bridgehead atoms. The monoisotopic (exact) mass is 296 g/mol. The van der Waals surface area contributed by atoms with Crippen LogP contribution in [0.5, 0.6) is 0 Å². The molecule has 4 nitrogen and oxygen atoms in total. The van der Waals surface area contributed by atoms with E-state index in [1.165, 1.54) is 13.2 Å². The zero-order valence-electron chi connectivity index (χ0n) is 11.8. The van der Waals surface area contributed by atoms with Crippen molar-refractivity contribution in [3.63, 3.8) is 0 Å². The van der Waals surface area contributed by atoms with Gasteiger partial charge in [0, 0.05) is 13.2 Å². The van der Waals surface area contributed by atoms with Gasteiger partial charge in [-0.25, -0.2) is 8.42 Å². The summed E-state index contributed by atoms with van der Waals surface area (Å²) in [6, 6.07) is 8.93. The Morgan fingerprint density at radius 3 is 2.40 bits per heavy atom. The molecule has 0 aliphatic rings. The predicted octanol–water partition coefficient (Wildman–Crippen LogP) is 2.67. The molecular formula is C15H20O4S. The molecule has 20 heavy (non-hydrogen) atoms. The van der Waals surface area contributed by atoms with Crippen LogP contribution in [0.25, 0.3) is 0 Å². The van der Waals surface area contributed by atoms with E-state index < -0.39 is 27.2 Å². The lowest BCUT2D eigenvalue weighted by Gasteiger charge is -2.25. The van der Waals surface area contributed by atoms with E-state index in [4.69, 9.17) is 4.74 Å². The third-order valence-corrected chi connectivity index (χ3v) is 4.55. The second-order valence-electron chi connectivity index (χ2n) is 4.67. The minimum Gasteiger partial charge on any atom is -0.456 e. The van der Waals surface area contributed by atoms with Crippen molar-refractivity contribution < 1.29 is 17.9 Å². The van der Waals surface area contributed by atoms with E-state index in [1.807, 2.05) is 6.07 Å². The quantitative estimate of drug-likeness (QED) is 0.573. The molecule has 2 atom stereocenters. The fourth-order valence-corrected chi connectivity index (χ4v) is 3.28. The highest BCUT2D eigenvalue weighted by Gasteiger charge is 2.33. The fourth-order valence-electron chi connectivity index (χ4n) is 2.05. The molecule has 0 aromatic heterocycles. The normalized spacial score (nSPS) is 14.3. The van der Waals surface area contributed by atoms with Crippen molar-refractivity contribution in [3.05, 3.63) is 48.6 Å². The van der Waals surface area contributed by atoms with Crippen LogP contribution < -0.4 is 0 Å². The average molecular weight is 296 g/mol. The maximum atomic E-state index is 12.0. The number of sulfone groups is 1. The van der Waals surface area contributed by atoms with Crippen molar-refractivity contribution >= 4 is 15.8 Å². The molecule has 0 saturated carbocycles. The van der Waals surface area contributed by atoms with Crippen LogP contribution in [-0.2, 0) is 19.4 Å². The van der Waals surface area contributed by atoms with Crippen LogP contribution in [0.3, 0.4) is 0 Å². The molecule has 1 aromatic rings. The Hall–Kier alpha value is -1.62. The molecule has 2 unspecified atom stereocenters. The summed E-state index contributed by atoms with van der Waals surface area (Å²) in [7, 11) is -3.36. The van der Waals surface area contributed by atoms with Crippen LogP contribution in [0.15, 0.2) is 43.0 Å². The number of ether oxygens (including phenoxy) is 1. The Labute approximate surface area is 120 Å². The number of hydrogen-bond acceptors (Lipinski definition) is 4. The van der Waals surface area contributed by atoms with Gasteiger partial charge >= 0.3 is 5.97 Å². The second-order valence-corrected chi connectivity index (χ2v) is 6.94.